The lowest BCUT2D eigenvalue weighted by Crippen LogP contribution is -2.44. The smallest absolute Gasteiger partial charge is 0.207 e. The number of aliphatic hydroxyl groups excluding tert-OH is 1. The molecule has 1 saturated heterocycles. The van der Waals surface area contributed by atoms with Crippen molar-refractivity contribution >= 4 is 17.2 Å². The van der Waals surface area contributed by atoms with Gasteiger partial charge in [-0.25, -0.2) is 0 Å². The Labute approximate surface area is 233 Å². The van der Waals surface area contributed by atoms with Gasteiger partial charge in [0, 0.05) is 43.5 Å². The van der Waals surface area contributed by atoms with Crippen LogP contribution in [-0.4, -0.2) is 73.0 Å². The molecule has 210 valence electrons. The number of hydrogen-bond donors (Lipinski definition) is 3. The number of benzene rings is 2. The van der Waals surface area contributed by atoms with Gasteiger partial charge >= 0.3 is 0 Å². The maximum atomic E-state index is 14.6. The van der Waals surface area contributed by atoms with Crippen LogP contribution in [0.1, 0.15) is 24.0 Å². The molecule has 9 nitrogen and oxygen atoms in total. The molecule has 0 bridgehead atoms. The van der Waals surface area contributed by atoms with Crippen molar-refractivity contribution < 1.29 is 23.7 Å². The molecule has 10 heteroatoms. The van der Waals surface area contributed by atoms with E-state index in [0.29, 0.717) is 35.3 Å². The number of aromatic nitrogens is 1. The Bertz CT molecular complexity index is 1360. The average molecular weight is 548 g/mol. The maximum absolute atomic E-state index is 14.6. The molecule has 2 aromatic carbocycles. The SMILES string of the molecule is C=CC(=N)N1CCC[C@@H](Nc2c(OCCO)cncc2C(=NC)c2ccc(Oc3cccc(OC)c3F)cc2)C1. The molecule has 1 fully saturated rings. The Hall–Kier alpha value is -4.44. The highest BCUT2D eigenvalue weighted by Gasteiger charge is 2.24. The largest absolute Gasteiger partial charge is 0.494 e. The number of nitrogens with zero attached hydrogens (tertiary/aromatic N) is 3. The van der Waals surface area contributed by atoms with Gasteiger partial charge in [0.2, 0.25) is 5.82 Å². The van der Waals surface area contributed by atoms with E-state index in [2.05, 4.69) is 21.9 Å². The zero-order valence-electron chi connectivity index (χ0n) is 22.7. The van der Waals surface area contributed by atoms with Gasteiger partial charge in [0.05, 0.1) is 31.3 Å². The van der Waals surface area contributed by atoms with Crippen LogP contribution < -0.4 is 19.5 Å². The highest BCUT2D eigenvalue weighted by atomic mass is 19.1. The lowest BCUT2D eigenvalue weighted by molar-refractivity contribution is 0.201. The Balaban J connectivity index is 1.62. The minimum absolute atomic E-state index is 0.0401. The number of halogens is 1. The number of methoxy groups -OCH3 is 1. The van der Waals surface area contributed by atoms with E-state index in [1.807, 2.05) is 17.0 Å². The number of piperidine rings is 1. The van der Waals surface area contributed by atoms with E-state index in [-0.39, 0.29) is 30.8 Å². The zero-order valence-corrected chi connectivity index (χ0v) is 22.7. The van der Waals surface area contributed by atoms with Crippen molar-refractivity contribution in [1.82, 2.24) is 9.88 Å². The first-order valence-electron chi connectivity index (χ1n) is 13.0. The van der Waals surface area contributed by atoms with E-state index in [4.69, 9.17) is 19.6 Å². The first-order chi connectivity index (χ1) is 19.5. The van der Waals surface area contributed by atoms with Crippen LogP contribution in [-0.2, 0) is 0 Å². The van der Waals surface area contributed by atoms with Gasteiger partial charge in [0.25, 0.3) is 0 Å². The van der Waals surface area contributed by atoms with Gasteiger partial charge in [0.1, 0.15) is 18.2 Å². The normalized spacial score (nSPS) is 15.3. The number of amidine groups is 1. The Kier molecular flexibility index (Phi) is 9.69. The molecule has 0 saturated carbocycles. The van der Waals surface area contributed by atoms with Gasteiger partial charge < -0.3 is 29.5 Å². The van der Waals surface area contributed by atoms with E-state index in [1.54, 1.807) is 43.7 Å². The standard InChI is InChI=1S/C30H34FN5O4/c1-4-27(32)36-14-6-7-21(19-36)35-30-23(17-34-18-26(30)39-16-15-37)29(33-2)20-10-12-22(13-11-20)40-25-9-5-8-24(38-3)28(25)31/h4-5,8-13,17-18,21,32,37H,1,6-7,14-16,19H2,2-3H3,(H,34,35)/t21-/m1/s1. The summed E-state index contributed by atoms with van der Waals surface area (Å²) in [5.41, 5.74) is 2.89. The first kappa shape index (κ1) is 28.6. The number of aliphatic imine (C=N–C) groups is 1. The van der Waals surface area contributed by atoms with E-state index in [0.717, 1.165) is 30.5 Å². The third-order valence-electron chi connectivity index (χ3n) is 6.55. The van der Waals surface area contributed by atoms with Crippen molar-refractivity contribution in [1.29, 1.82) is 5.41 Å². The predicted molar refractivity (Wildman–Crippen MR) is 154 cm³/mol. The number of hydrogen-bond acceptors (Lipinski definition) is 8. The van der Waals surface area contributed by atoms with E-state index < -0.39 is 5.82 Å². The van der Waals surface area contributed by atoms with Gasteiger partial charge in [-0.3, -0.25) is 15.4 Å². The van der Waals surface area contributed by atoms with Gasteiger partial charge in [-0.05, 0) is 55.3 Å². The van der Waals surface area contributed by atoms with Gasteiger partial charge in [-0.15, -0.1) is 0 Å². The van der Waals surface area contributed by atoms with Gasteiger partial charge in [-0.1, -0.05) is 12.6 Å². The third-order valence-corrected chi connectivity index (χ3v) is 6.55. The maximum Gasteiger partial charge on any atom is 0.207 e. The van der Waals surface area contributed by atoms with Crippen LogP contribution in [0, 0.1) is 11.2 Å². The summed E-state index contributed by atoms with van der Waals surface area (Å²) in [4.78, 5) is 10.9. The van der Waals surface area contributed by atoms with E-state index in [9.17, 15) is 9.50 Å². The van der Waals surface area contributed by atoms with E-state index in [1.165, 1.54) is 19.2 Å². The molecule has 0 unspecified atom stereocenters. The molecule has 4 rings (SSSR count). The highest BCUT2D eigenvalue weighted by molar-refractivity contribution is 6.16. The fourth-order valence-corrected chi connectivity index (χ4v) is 4.62. The van der Waals surface area contributed by atoms with Crippen LogP contribution in [0.2, 0.25) is 0 Å². The summed E-state index contributed by atoms with van der Waals surface area (Å²) in [6, 6.07) is 11.9. The van der Waals surface area contributed by atoms with Crippen molar-refractivity contribution in [3.8, 4) is 23.0 Å². The lowest BCUT2D eigenvalue weighted by Gasteiger charge is -2.35. The zero-order chi connectivity index (χ0) is 28.5. The highest BCUT2D eigenvalue weighted by Crippen LogP contribution is 2.33. The minimum Gasteiger partial charge on any atom is -0.494 e. The Morgan fingerprint density at radius 3 is 2.70 bits per heavy atom. The molecule has 3 aromatic rings. The fourth-order valence-electron chi connectivity index (χ4n) is 4.62. The van der Waals surface area contributed by atoms with Crippen molar-refractivity contribution in [3.05, 3.63) is 84.5 Å². The number of aliphatic hydroxyl groups is 1. The van der Waals surface area contributed by atoms with Crippen molar-refractivity contribution in [3.63, 3.8) is 0 Å². The number of likely N-dealkylation sites (tertiary alicyclic amines) is 1. The lowest BCUT2D eigenvalue weighted by atomic mass is 9.99. The molecular formula is C30H34FN5O4. The molecule has 1 aromatic heterocycles. The molecule has 3 N–H and O–H groups in total. The molecule has 0 radical (unpaired) electrons. The average Bonchev–Trinajstić information content (AvgIpc) is 2.99. The molecule has 0 spiro atoms. The number of pyridine rings is 1. The topological polar surface area (TPSA) is 112 Å². The Morgan fingerprint density at radius 2 is 2.00 bits per heavy atom. The second-order valence-corrected chi connectivity index (χ2v) is 9.12. The van der Waals surface area contributed by atoms with Crippen LogP contribution in [0.15, 0.2) is 72.5 Å². The molecule has 40 heavy (non-hydrogen) atoms. The van der Waals surface area contributed by atoms with Crippen LogP contribution in [0.3, 0.4) is 0 Å². The van der Waals surface area contributed by atoms with Crippen molar-refractivity contribution in [2.75, 3.05) is 45.8 Å². The van der Waals surface area contributed by atoms with E-state index >= 15 is 0 Å². The summed E-state index contributed by atoms with van der Waals surface area (Å²) in [7, 11) is 3.10. The third kappa shape index (κ3) is 6.58. The summed E-state index contributed by atoms with van der Waals surface area (Å²) in [6.45, 7) is 5.14. The quantitative estimate of drug-likeness (QED) is 0.231. The number of ether oxygens (including phenoxy) is 3. The molecular weight excluding hydrogens is 513 g/mol. The summed E-state index contributed by atoms with van der Waals surface area (Å²) < 4.78 is 31.2. The number of nitrogens with one attached hydrogen (secondary N) is 2. The minimum atomic E-state index is -0.573. The molecule has 0 aliphatic carbocycles. The second-order valence-electron chi connectivity index (χ2n) is 9.12. The summed E-state index contributed by atoms with van der Waals surface area (Å²) in [5, 5.41) is 21.1. The molecule has 2 heterocycles. The number of rotatable bonds is 11. The van der Waals surface area contributed by atoms with Crippen molar-refractivity contribution in [2.24, 2.45) is 4.99 Å². The summed E-state index contributed by atoms with van der Waals surface area (Å²) in [5.74, 6) is 0.938. The fraction of sp³-hybridized carbons (Fsp3) is 0.300. The van der Waals surface area contributed by atoms with Crippen LogP contribution in [0.4, 0.5) is 10.1 Å². The van der Waals surface area contributed by atoms with Crippen LogP contribution >= 0.6 is 0 Å². The number of anilines is 1. The molecule has 0 amide bonds. The summed E-state index contributed by atoms with van der Waals surface area (Å²) >= 11 is 0. The van der Waals surface area contributed by atoms with Gasteiger partial charge in [-0.2, -0.15) is 4.39 Å². The monoisotopic (exact) mass is 547 g/mol. The van der Waals surface area contributed by atoms with Crippen LogP contribution in [0.25, 0.3) is 0 Å². The summed E-state index contributed by atoms with van der Waals surface area (Å²) in [6.07, 6.45) is 6.71. The van der Waals surface area contributed by atoms with Gasteiger partial charge in [0.15, 0.2) is 17.2 Å². The second kappa shape index (κ2) is 13.6. The molecule has 1 atom stereocenters. The van der Waals surface area contributed by atoms with Crippen LogP contribution in [0.5, 0.6) is 23.0 Å². The predicted octanol–water partition coefficient (Wildman–Crippen LogP) is 4.90. The van der Waals surface area contributed by atoms with Crippen molar-refractivity contribution in [2.45, 2.75) is 18.9 Å². The molecule has 1 aliphatic heterocycles. The first-order valence-corrected chi connectivity index (χ1v) is 13.0. The molecule has 1 aliphatic rings. The Morgan fingerprint density at radius 1 is 1.23 bits per heavy atom.